The Kier molecular flexibility index (Phi) is 5.94. The van der Waals surface area contributed by atoms with Crippen molar-refractivity contribution < 1.29 is 49.8 Å². The van der Waals surface area contributed by atoms with Gasteiger partial charge in [-0.15, -0.1) is 16.1 Å². The minimum atomic E-state index is -5.51. The van der Waals surface area contributed by atoms with Crippen molar-refractivity contribution in [1.29, 1.82) is 0 Å². The molecule has 0 amide bonds. The van der Waals surface area contributed by atoms with Crippen LogP contribution in [0, 0.1) is 11.6 Å². The molecule has 1 N–H and O–H groups in total. The van der Waals surface area contributed by atoms with E-state index in [4.69, 9.17) is 5.26 Å². The monoisotopic (exact) mass is 376 g/mol. The van der Waals surface area contributed by atoms with Gasteiger partial charge in [0.2, 0.25) is 0 Å². The first-order valence-electron chi connectivity index (χ1n) is 4.84. The van der Waals surface area contributed by atoms with Gasteiger partial charge in [-0.1, -0.05) is 5.04 Å². The summed E-state index contributed by atoms with van der Waals surface area (Å²) in [5.74, 6) is -4.70. The Balaban J connectivity index is 3.83. The number of rotatable bonds is 4. The number of alkyl halides is 6. The van der Waals surface area contributed by atoms with Gasteiger partial charge >= 0.3 is 12.4 Å². The molecule has 1 rings (SSSR count). The van der Waals surface area contributed by atoms with E-state index in [2.05, 4.69) is 9.37 Å². The molecule has 0 heterocycles. The molecule has 0 aromatic heterocycles. The standard InChI is InChI=1S/C9H4F8O3S2/c1-21-6-2(8(12,13)14)5(11)7(22-20-19-18)3(4(6)10)9(15,16)17/h18H,1H3. The summed E-state index contributed by atoms with van der Waals surface area (Å²) in [4.78, 5) is -3.41. The van der Waals surface area contributed by atoms with Crippen LogP contribution < -0.4 is 0 Å². The van der Waals surface area contributed by atoms with E-state index in [1.54, 1.807) is 0 Å². The summed E-state index contributed by atoms with van der Waals surface area (Å²) in [6.45, 7) is 0. The molecular weight excluding hydrogens is 372 g/mol. The van der Waals surface area contributed by atoms with Gasteiger partial charge in [0.1, 0.15) is 11.1 Å². The number of hydrogen-bond donors (Lipinski definition) is 1. The smallest absolute Gasteiger partial charge is 0.220 e. The SMILES string of the molecule is CSc1c(F)c(C(F)(F)F)c(SOOO)c(F)c1C(F)(F)F. The molecule has 13 heteroatoms. The predicted octanol–water partition coefficient (Wildman–Crippen LogP) is 5.15. The molecule has 1 aromatic carbocycles. The van der Waals surface area contributed by atoms with Crippen LogP contribution in [-0.2, 0) is 21.7 Å². The van der Waals surface area contributed by atoms with E-state index in [-0.39, 0.29) is 11.8 Å². The highest BCUT2D eigenvalue weighted by Gasteiger charge is 2.47. The zero-order valence-corrected chi connectivity index (χ0v) is 11.7. The average molecular weight is 376 g/mol. The highest BCUT2D eigenvalue weighted by atomic mass is 32.2. The molecular formula is C9H4F8O3S2. The van der Waals surface area contributed by atoms with Crippen LogP contribution in [0.2, 0.25) is 0 Å². The molecule has 0 atom stereocenters. The topological polar surface area (TPSA) is 38.7 Å². The summed E-state index contributed by atoms with van der Waals surface area (Å²) in [5, 5.41) is 10.8. The third-order valence-electron chi connectivity index (χ3n) is 2.21. The van der Waals surface area contributed by atoms with Crippen molar-refractivity contribution >= 4 is 23.8 Å². The second-order valence-electron chi connectivity index (χ2n) is 3.46. The largest absolute Gasteiger partial charge is 0.420 e. The Morgan fingerprint density at radius 1 is 0.864 bits per heavy atom. The minimum Gasteiger partial charge on any atom is -0.220 e. The molecule has 0 bridgehead atoms. The van der Waals surface area contributed by atoms with E-state index in [0.29, 0.717) is 0 Å². The maximum absolute atomic E-state index is 13.9. The molecule has 0 aliphatic carbocycles. The van der Waals surface area contributed by atoms with Crippen LogP contribution in [-0.4, -0.2) is 11.5 Å². The fourth-order valence-corrected chi connectivity index (χ4v) is 2.72. The lowest BCUT2D eigenvalue weighted by atomic mass is 10.1. The van der Waals surface area contributed by atoms with Crippen LogP contribution in [0.15, 0.2) is 9.79 Å². The van der Waals surface area contributed by atoms with Gasteiger partial charge in [-0.2, -0.15) is 26.3 Å². The second-order valence-corrected chi connectivity index (χ2v) is 4.99. The average Bonchev–Trinajstić information content (AvgIpc) is 2.35. The Bertz CT molecular complexity index is 558. The van der Waals surface area contributed by atoms with Crippen molar-refractivity contribution in [3.63, 3.8) is 0 Å². The van der Waals surface area contributed by atoms with Gasteiger partial charge in [-0.05, 0) is 6.26 Å². The van der Waals surface area contributed by atoms with Gasteiger partial charge in [-0.3, -0.25) is 0 Å². The second kappa shape index (κ2) is 6.78. The van der Waals surface area contributed by atoms with E-state index in [1.807, 2.05) is 0 Å². The van der Waals surface area contributed by atoms with Crippen molar-refractivity contribution in [1.82, 2.24) is 0 Å². The summed E-state index contributed by atoms with van der Waals surface area (Å²) >= 11 is -0.792. The third kappa shape index (κ3) is 3.76. The number of thioether (sulfide) groups is 1. The Labute approximate surface area is 125 Å². The lowest BCUT2D eigenvalue weighted by Gasteiger charge is -2.20. The number of halogens is 8. The zero-order valence-electron chi connectivity index (χ0n) is 10.1. The van der Waals surface area contributed by atoms with E-state index in [9.17, 15) is 35.1 Å². The van der Waals surface area contributed by atoms with E-state index < -0.39 is 56.9 Å². The van der Waals surface area contributed by atoms with Crippen LogP contribution in [0.25, 0.3) is 0 Å². The molecule has 1 aromatic rings. The summed E-state index contributed by atoms with van der Waals surface area (Å²) in [7, 11) is 0. The van der Waals surface area contributed by atoms with Gasteiger partial charge in [0.25, 0.3) is 0 Å². The molecule has 3 nitrogen and oxygen atoms in total. The van der Waals surface area contributed by atoms with Crippen molar-refractivity contribution in [3.05, 3.63) is 22.8 Å². The first kappa shape index (κ1) is 19.3. The Morgan fingerprint density at radius 3 is 1.64 bits per heavy atom. The van der Waals surface area contributed by atoms with Crippen molar-refractivity contribution in [2.24, 2.45) is 0 Å². The predicted molar refractivity (Wildman–Crippen MR) is 58.8 cm³/mol. The first-order chi connectivity index (χ1) is 9.96. The summed E-state index contributed by atoms with van der Waals surface area (Å²) < 4.78 is 108. The van der Waals surface area contributed by atoms with Gasteiger partial charge in [0, 0.05) is 0 Å². The van der Waals surface area contributed by atoms with Crippen LogP contribution >= 0.6 is 23.8 Å². The van der Waals surface area contributed by atoms with Crippen LogP contribution in [0.3, 0.4) is 0 Å². The van der Waals surface area contributed by atoms with Crippen molar-refractivity contribution in [2.75, 3.05) is 6.26 Å². The molecule has 126 valence electrons. The molecule has 0 aliphatic rings. The lowest BCUT2D eigenvalue weighted by Crippen LogP contribution is -2.19. The van der Waals surface area contributed by atoms with Crippen molar-refractivity contribution in [2.45, 2.75) is 22.1 Å². The Hall–Kier alpha value is -0.760. The lowest BCUT2D eigenvalue weighted by molar-refractivity contribution is -0.432. The molecule has 0 saturated carbocycles. The molecule has 0 fully saturated rings. The fraction of sp³-hybridized carbons (Fsp3) is 0.333. The third-order valence-corrected chi connectivity index (χ3v) is 3.68. The zero-order chi connectivity index (χ0) is 17.3. The van der Waals surface area contributed by atoms with Crippen LogP contribution in [0.1, 0.15) is 11.1 Å². The molecule has 22 heavy (non-hydrogen) atoms. The van der Waals surface area contributed by atoms with Crippen LogP contribution in [0.5, 0.6) is 0 Å². The quantitative estimate of drug-likeness (QED) is 0.259. The number of hydrogen-bond acceptors (Lipinski definition) is 5. The van der Waals surface area contributed by atoms with E-state index in [0.717, 1.165) is 6.26 Å². The molecule has 0 saturated heterocycles. The highest BCUT2D eigenvalue weighted by molar-refractivity contribution is 7.98. The Morgan fingerprint density at radius 2 is 1.27 bits per heavy atom. The molecule has 0 aliphatic heterocycles. The van der Waals surface area contributed by atoms with Crippen LogP contribution in [0.4, 0.5) is 35.1 Å². The maximum Gasteiger partial charge on any atom is 0.420 e. The van der Waals surface area contributed by atoms with Crippen molar-refractivity contribution in [3.8, 4) is 0 Å². The van der Waals surface area contributed by atoms with Gasteiger partial charge < -0.3 is 0 Å². The molecule has 0 spiro atoms. The summed E-state index contributed by atoms with van der Waals surface area (Å²) in [6, 6.07) is 0. The minimum absolute atomic E-state index is 0.0398. The highest BCUT2D eigenvalue weighted by Crippen LogP contribution is 2.48. The fourth-order valence-electron chi connectivity index (χ4n) is 1.47. The maximum atomic E-state index is 13.9. The van der Waals surface area contributed by atoms with Gasteiger partial charge in [0.15, 0.2) is 11.6 Å². The van der Waals surface area contributed by atoms with E-state index in [1.165, 1.54) is 0 Å². The summed E-state index contributed by atoms with van der Waals surface area (Å²) in [6.07, 6.45) is -10.1. The first-order valence-corrected chi connectivity index (χ1v) is 6.81. The normalized spacial score (nSPS) is 12.8. The van der Waals surface area contributed by atoms with E-state index >= 15 is 0 Å². The van der Waals surface area contributed by atoms with Gasteiger partial charge in [-0.25, -0.2) is 14.0 Å². The summed E-state index contributed by atoms with van der Waals surface area (Å²) in [5.41, 5.74) is -4.51. The molecule has 0 radical (unpaired) electrons. The number of benzene rings is 1. The van der Waals surface area contributed by atoms with Gasteiger partial charge in [0.05, 0.1) is 21.8 Å². The molecule has 0 unspecified atom stereocenters.